The van der Waals surface area contributed by atoms with E-state index in [4.69, 9.17) is 4.74 Å². The minimum absolute atomic E-state index is 0.0964. The Bertz CT molecular complexity index is 1640. The third-order valence-electron chi connectivity index (χ3n) is 10.4. The molecule has 8 heteroatoms. The molecule has 46 heavy (non-hydrogen) atoms. The van der Waals surface area contributed by atoms with Crippen molar-refractivity contribution in [3.8, 4) is 0 Å². The van der Waals surface area contributed by atoms with E-state index in [1.54, 1.807) is 26.9 Å². The lowest BCUT2D eigenvalue weighted by Crippen LogP contribution is -2.60. The van der Waals surface area contributed by atoms with E-state index < -0.39 is 35.6 Å². The summed E-state index contributed by atoms with van der Waals surface area (Å²) in [6, 6.07) is 21.5. The Morgan fingerprint density at radius 3 is 2.28 bits per heavy atom. The number of carbonyl (C=O) groups excluding carboxylic acids is 3. The molecule has 3 aromatic carbocycles. The van der Waals surface area contributed by atoms with Gasteiger partial charge in [0.25, 0.3) is 5.91 Å². The van der Waals surface area contributed by atoms with E-state index in [-0.39, 0.29) is 43.3 Å². The quantitative estimate of drug-likeness (QED) is 0.275. The van der Waals surface area contributed by atoms with E-state index in [2.05, 4.69) is 13.2 Å². The van der Waals surface area contributed by atoms with Crippen LogP contribution in [0.1, 0.15) is 33.1 Å². The number of ether oxygens (including phenoxy) is 1. The van der Waals surface area contributed by atoms with E-state index in [0.717, 1.165) is 10.8 Å². The fourth-order valence-corrected chi connectivity index (χ4v) is 8.01. The van der Waals surface area contributed by atoms with Crippen molar-refractivity contribution < 1.29 is 24.2 Å². The molecule has 3 amide bonds. The van der Waals surface area contributed by atoms with Gasteiger partial charge in [-0.25, -0.2) is 0 Å². The molecule has 3 aliphatic rings. The Hall–Kier alpha value is -4.27. The van der Waals surface area contributed by atoms with Gasteiger partial charge in [0.2, 0.25) is 11.8 Å². The number of amides is 3. The number of anilines is 2. The topological polar surface area (TPSA) is 90.4 Å². The number of nitrogens with zero attached hydrogens (tertiary/aromatic N) is 3. The van der Waals surface area contributed by atoms with Crippen LogP contribution in [0, 0.1) is 17.8 Å². The number of likely N-dealkylation sites (tertiary alicyclic amines) is 1. The third-order valence-corrected chi connectivity index (χ3v) is 10.4. The van der Waals surface area contributed by atoms with E-state index >= 15 is 4.79 Å². The SMILES string of the molecule is C=CCN(C(=O)C1N([C@@H](CO)[C@@H](C)CC)C(=O)[C@@H]2[C@H](C(=O)N(CC=C)c3ccccc3)[C@@H]3CCC12O3)c1ccc2ccccc2c1. The summed E-state index contributed by atoms with van der Waals surface area (Å²) >= 11 is 0. The molecule has 8 nitrogen and oxygen atoms in total. The Labute approximate surface area is 270 Å². The van der Waals surface area contributed by atoms with Gasteiger partial charge >= 0.3 is 0 Å². The molecule has 3 aromatic rings. The molecule has 1 spiro atoms. The number of aliphatic hydroxyl groups excluding tert-OH is 1. The Kier molecular flexibility index (Phi) is 8.86. The Morgan fingerprint density at radius 1 is 0.978 bits per heavy atom. The number of rotatable bonds is 12. The first kappa shape index (κ1) is 31.7. The van der Waals surface area contributed by atoms with Gasteiger partial charge in [0.05, 0.1) is 30.6 Å². The predicted molar refractivity (Wildman–Crippen MR) is 180 cm³/mol. The molecule has 6 rings (SSSR count). The second-order valence-corrected chi connectivity index (χ2v) is 12.8. The van der Waals surface area contributed by atoms with Crippen LogP contribution >= 0.6 is 0 Å². The smallest absolute Gasteiger partial charge is 0.253 e. The molecule has 3 heterocycles. The summed E-state index contributed by atoms with van der Waals surface area (Å²) in [5.41, 5.74) is 0.189. The van der Waals surface area contributed by atoms with Gasteiger partial charge in [-0.3, -0.25) is 14.4 Å². The molecule has 0 saturated carbocycles. The van der Waals surface area contributed by atoms with E-state index in [1.165, 1.54) is 0 Å². The van der Waals surface area contributed by atoms with Crippen LogP contribution in [-0.4, -0.2) is 71.2 Å². The number of aliphatic hydroxyl groups is 1. The number of benzene rings is 3. The van der Waals surface area contributed by atoms with Gasteiger partial charge in [-0.1, -0.05) is 81.0 Å². The zero-order chi connectivity index (χ0) is 32.6. The highest BCUT2D eigenvalue weighted by molar-refractivity contribution is 6.07. The Morgan fingerprint density at radius 2 is 1.63 bits per heavy atom. The highest BCUT2D eigenvalue weighted by atomic mass is 16.5. The summed E-state index contributed by atoms with van der Waals surface area (Å²) < 4.78 is 6.77. The molecule has 3 saturated heterocycles. The van der Waals surface area contributed by atoms with Crippen LogP contribution in [0.15, 0.2) is 98.1 Å². The molecular weight excluding hydrogens is 578 g/mol. The summed E-state index contributed by atoms with van der Waals surface area (Å²) in [4.78, 5) is 49.2. The highest BCUT2D eigenvalue weighted by Crippen LogP contribution is 2.59. The fourth-order valence-electron chi connectivity index (χ4n) is 8.01. The third kappa shape index (κ3) is 5.04. The number of fused-ring (bicyclic) bond motifs is 2. The zero-order valence-electron chi connectivity index (χ0n) is 26.6. The highest BCUT2D eigenvalue weighted by Gasteiger charge is 2.75. The van der Waals surface area contributed by atoms with E-state index in [9.17, 15) is 14.7 Å². The average Bonchev–Trinajstić information content (AvgIpc) is 3.73. The van der Waals surface area contributed by atoms with E-state index in [0.29, 0.717) is 30.6 Å². The van der Waals surface area contributed by atoms with Crippen molar-refractivity contribution in [2.75, 3.05) is 29.5 Å². The summed E-state index contributed by atoms with van der Waals surface area (Å²) in [6.45, 7) is 12.0. The molecule has 0 aromatic heterocycles. The summed E-state index contributed by atoms with van der Waals surface area (Å²) in [6.07, 6.45) is 4.56. The van der Waals surface area contributed by atoms with Crippen molar-refractivity contribution in [1.29, 1.82) is 0 Å². The minimum atomic E-state index is -1.20. The van der Waals surface area contributed by atoms with Crippen LogP contribution in [0.5, 0.6) is 0 Å². The van der Waals surface area contributed by atoms with Gasteiger partial charge in [0.15, 0.2) is 0 Å². The molecule has 0 aliphatic carbocycles. The molecule has 0 radical (unpaired) electrons. The van der Waals surface area contributed by atoms with Crippen molar-refractivity contribution in [3.05, 3.63) is 98.1 Å². The maximum atomic E-state index is 15.0. The molecule has 1 N–H and O–H groups in total. The summed E-state index contributed by atoms with van der Waals surface area (Å²) in [5.74, 6) is -2.54. The molecule has 2 unspecified atom stereocenters. The van der Waals surface area contributed by atoms with Crippen LogP contribution in [0.25, 0.3) is 10.8 Å². The molecule has 2 bridgehead atoms. The van der Waals surface area contributed by atoms with Crippen molar-refractivity contribution >= 4 is 39.9 Å². The van der Waals surface area contributed by atoms with Crippen LogP contribution in [0.3, 0.4) is 0 Å². The monoisotopic (exact) mass is 621 g/mol. The lowest BCUT2D eigenvalue weighted by atomic mass is 9.70. The van der Waals surface area contributed by atoms with Gasteiger partial charge in [0, 0.05) is 24.5 Å². The molecule has 3 aliphatic heterocycles. The second-order valence-electron chi connectivity index (χ2n) is 12.8. The standard InChI is InChI=1S/C38H43N3O5/c1-5-21-39(28-15-9-8-10-16-28)35(43)32-31-19-20-38(46-31)33(32)36(44)41(30(24-42)25(4)7-3)34(38)37(45)40(22-6-2)29-18-17-26-13-11-12-14-27(26)23-29/h5-6,8-18,23,25,30-34,42H,1-2,7,19-22,24H2,3-4H3/t25-,30-,31-,32+,33-,34?,38?/m0/s1. The lowest BCUT2D eigenvalue weighted by molar-refractivity contribution is -0.145. The number of hydrogen-bond acceptors (Lipinski definition) is 5. The van der Waals surface area contributed by atoms with Gasteiger partial charge < -0.3 is 24.5 Å². The summed E-state index contributed by atoms with van der Waals surface area (Å²) in [7, 11) is 0. The minimum Gasteiger partial charge on any atom is -0.394 e. The van der Waals surface area contributed by atoms with Gasteiger partial charge in [0.1, 0.15) is 11.6 Å². The maximum Gasteiger partial charge on any atom is 0.253 e. The first-order valence-electron chi connectivity index (χ1n) is 16.3. The first-order valence-corrected chi connectivity index (χ1v) is 16.3. The Balaban J connectivity index is 1.45. The summed E-state index contributed by atoms with van der Waals surface area (Å²) in [5, 5.41) is 12.8. The van der Waals surface area contributed by atoms with Crippen molar-refractivity contribution in [2.45, 2.75) is 56.9 Å². The predicted octanol–water partition coefficient (Wildman–Crippen LogP) is 5.36. The van der Waals surface area contributed by atoms with Gasteiger partial charge in [-0.2, -0.15) is 0 Å². The normalized spacial score (nSPS) is 26.1. The van der Waals surface area contributed by atoms with Crippen LogP contribution in [0.4, 0.5) is 11.4 Å². The van der Waals surface area contributed by atoms with Crippen molar-refractivity contribution in [1.82, 2.24) is 4.90 Å². The van der Waals surface area contributed by atoms with Gasteiger partial charge in [-0.15, -0.1) is 13.2 Å². The molecule has 7 atom stereocenters. The lowest BCUT2D eigenvalue weighted by Gasteiger charge is -2.41. The van der Waals surface area contributed by atoms with Crippen molar-refractivity contribution in [2.24, 2.45) is 17.8 Å². The number of para-hydroxylation sites is 1. The van der Waals surface area contributed by atoms with Crippen LogP contribution < -0.4 is 9.80 Å². The molecule has 3 fully saturated rings. The fraction of sp³-hybridized carbons (Fsp3) is 0.395. The number of carbonyl (C=O) groups is 3. The average molecular weight is 622 g/mol. The van der Waals surface area contributed by atoms with Crippen molar-refractivity contribution in [3.63, 3.8) is 0 Å². The van der Waals surface area contributed by atoms with Crippen LogP contribution in [0.2, 0.25) is 0 Å². The molecule has 240 valence electrons. The van der Waals surface area contributed by atoms with E-state index in [1.807, 2.05) is 86.6 Å². The largest absolute Gasteiger partial charge is 0.394 e. The van der Waals surface area contributed by atoms with Gasteiger partial charge in [-0.05, 0) is 53.8 Å². The second kappa shape index (κ2) is 12.9. The van der Waals surface area contributed by atoms with Crippen LogP contribution in [-0.2, 0) is 19.1 Å². The first-order chi connectivity index (χ1) is 22.3. The zero-order valence-corrected chi connectivity index (χ0v) is 26.6. The number of hydrogen-bond donors (Lipinski definition) is 1. The maximum absolute atomic E-state index is 15.0. The molecular formula is C38H43N3O5.